The second kappa shape index (κ2) is 5.89. The molecule has 0 aromatic carbocycles. The summed E-state index contributed by atoms with van der Waals surface area (Å²) in [6.45, 7) is 2.72. The van der Waals surface area contributed by atoms with Gasteiger partial charge in [0.1, 0.15) is 5.82 Å². The number of nitrogen functional groups attached to an aromatic ring is 1. The molecule has 1 heterocycles. The van der Waals surface area contributed by atoms with Crippen molar-refractivity contribution in [2.45, 2.75) is 38.7 Å². The number of aliphatic hydroxyl groups is 1. The molecule has 2 unspecified atom stereocenters. The first-order valence-corrected chi connectivity index (χ1v) is 7.21. The highest BCUT2D eigenvalue weighted by Gasteiger charge is 2.23. The highest BCUT2D eigenvalue weighted by Crippen LogP contribution is 2.29. The zero-order chi connectivity index (χ0) is 13.1. The Morgan fingerprint density at radius 3 is 2.94 bits per heavy atom. The van der Waals surface area contributed by atoms with E-state index in [-0.39, 0.29) is 6.10 Å². The van der Waals surface area contributed by atoms with E-state index in [2.05, 4.69) is 26.2 Å². The second-order valence-corrected chi connectivity index (χ2v) is 5.79. The van der Waals surface area contributed by atoms with Gasteiger partial charge in [0.2, 0.25) is 0 Å². The molecule has 1 aromatic heterocycles. The summed E-state index contributed by atoms with van der Waals surface area (Å²) < 4.78 is 0.910. The summed E-state index contributed by atoms with van der Waals surface area (Å²) in [5, 5.41) is 13.2. The van der Waals surface area contributed by atoms with E-state index in [1.807, 2.05) is 6.92 Å². The topological polar surface area (TPSA) is 71.2 Å². The molecule has 0 bridgehead atoms. The fourth-order valence-electron chi connectivity index (χ4n) is 2.37. The molecular formula is C13H20BrN3O. The molecule has 0 amide bonds. The molecule has 0 saturated heterocycles. The summed E-state index contributed by atoms with van der Waals surface area (Å²) in [7, 11) is 0. The van der Waals surface area contributed by atoms with Crippen LogP contribution in [0.5, 0.6) is 0 Å². The van der Waals surface area contributed by atoms with Gasteiger partial charge in [0, 0.05) is 12.5 Å². The van der Waals surface area contributed by atoms with Crippen LogP contribution in [0.15, 0.2) is 10.7 Å². The Morgan fingerprint density at radius 2 is 2.22 bits per heavy atom. The first kappa shape index (κ1) is 13.6. The van der Waals surface area contributed by atoms with Gasteiger partial charge >= 0.3 is 0 Å². The van der Waals surface area contributed by atoms with Crippen molar-refractivity contribution < 1.29 is 5.11 Å². The Morgan fingerprint density at radius 1 is 1.50 bits per heavy atom. The summed E-state index contributed by atoms with van der Waals surface area (Å²) in [5.41, 5.74) is 7.47. The lowest BCUT2D eigenvalue weighted by Gasteiger charge is -2.28. The fraction of sp³-hybridized carbons (Fsp3) is 0.615. The van der Waals surface area contributed by atoms with E-state index >= 15 is 0 Å². The quantitative estimate of drug-likeness (QED) is 0.802. The Kier molecular flexibility index (Phi) is 4.45. The summed E-state index contributed by atoms with van der Waals surface area (Å²) in [6, 6.07) is 0. The van der Waals surface area contributed by atoms with Crippen molar-refractivity contribution in [3.63, 3.8) is 0 Å². The van der Waals surface area contributed by atoms with Gasteiger partial charge in [-0.3, -0.25) is 0 Å². The molecule has 2 atom stereocenters. The number of pyridine rings is 1. The van der Waals surface area contributed by atoms with E-state index in [0.29, 0.717) is 11.6 Å². The Hall–Kier alpha value is -0.810. The van der Waals surface area contributed by atoms with E-state index in [1.165, 1.54) is 6.42 Å². The third-order valence-electron chi connectivity index (χ3n) is 3.70. The highest BCUT2D eigenvalue weighted by molar-refractivity contribution is 9.10. The minimum atomic E-state index is -0.181. The second-order valence-electron chi connectivity index (χ2n) is 4.99. The van der Waals surface area contributed by atoms with Crippen LogP contribution in [0.3, 0.4) is 0 Å². The number of rotatable bonds is 3. The Bertz CT molecular complexity index is 425. The smallest absolute Gasteiger partial charge is 0.140 e. The van der Waals surface area contributed by atoms with Crippen molar-refractivity contribution in [3.8, 4) is 0 Å². The predicted octanol–water partition coefficient (Wildman–Crippen LogP) is 2.70. The minimum Gasteiger partial charge on any atom is -0.397 e. The molecule has 4 N–H and O–H groups in total. The molecule has 1 aliphatic carbocycles. The van der Waals surface area contributed by atoms with Crippen LogP contribution >= 0.6 is 15.9 Å². The van der Waals surface area contributed by atoms with Crippen LogP contribution < -0.4 is 11.1 Å². The molecule has 4 nitrogen and oxygen atoms in total. The predicted molar refractivity (Wildman–Crippen MR) is 77.5 cm³/mol. The maximum Gasteiger partial charge on any atom is 0.140 e. The zero-order valence-electron chi connectivity index (χ0n) is 10.6. The van der Waals surface area contributed by atoms with Crippen molar-refractivity contribution in [1.29, 1.82) is 0 Å². The van der Waals surface area contributed by atoms with Gasteiger partial charge < -0.3 is 16.2 Å². The molecule has 0 radical (unpaired) electrons. The fourth-order valence-corrected chi connectivity index (χ4v) is 2.84. The van der Waals surface area contributed by atoms with Gasteiger partial charge in [-0.15, -0.1) is 0 Å². The number of hydrogen-bond donors (Lipinski definition) is 3. The van der Waals surface area contributed by atoms with Gasteiger partial charge in [0.25, 0.3) is 0 Å². The van der Waals surface area contributed by atoms with Gasteiger partial charge in [-0.05, 0) is 41.3 Å². The molecule has 0 aliphatic heterocycles. The number of nitrogens with zero attached hydrogens (tertiary/aromatic N) is 1. The molecule has 1 aromatic rings. The van der Waals surface area contributed by atoms with Crippen molar-refractivity contribution in [2.75, 3.05) is 17.6 Å². The lowest BCUT2D eigenvalue weighted by atomic mass is 9.86. The Labute approximate surface area is 116 Å². The van der Waals surface area contributed by atoms with Crippen molar-refractivity contribution in [1.82, 2.24) is 4.98 Å². The minimum absolute atomic E-state index is 0.181. The zero-order valence-corrected chi connectivity index (χ0v) is 12.2. The van der Waals surface area contributed by atoms with E-state index in [4.69, 9.17) is 5.73 Å². The molecule has 1 fully saturated rings. The standard InChI is InChI=1S/C13H20BrN3O/c1-8-10(15)7-17-13(12(8)14)16-6-9-4-2-3-5-11(9)18/h7,9,11,18H,2-6,15H2,1H3,(H,16,17). The number of halogens is 1. The summed E-state index contributed by atoms with van der Waals surface area (Å²) in [6.07, 6.45) is 5.83. The van der Waals surface area contributed by atoms with Crippen LogP contribution in [0.4, 0.5) is 11.5 Å². The van der Waals surface area contributed by atoms with Crippen molar-refractivity contribution in [2.24, 2.45) is 5.92 Å². The van der Waals surface area contributed by atoms with Crippen LogP contribution in [0.2, 0.25) is 0 Å². The van der Waals surface area contributed by atoms with Gasteiger partial charge in [-0.1, -0.05) is 12.8 Å². The highest BCUT2D eigenvalue weighted by atomic mass is 79.9. The Balaban J connectivity index is 1.99. The van der Waals surface area contributed by atoms with E-state index < -0.39 is 0 Å². The maximum atomic E-state index is 9.92. The van der Waals surface area contributed by atoms with Gasteiger partial charge in [-0.2, -0.15) is 0 Å². The van der Waals surface area contributed by atoms with Crippen LogP contribution in [0.1, 0.15) is 31.2 Å². The molecule has 2 rings (SSSR count). The average molecular weight is 314 g/mol. The van der Waals surface area contributed by atoms with E-state index in [1.54, 1.807) is 6.20 Å². The molecule has 5 heteroatoms. The summed E-state index contributed by atoms with van der Waals surface area (Å²) in [5.74, 6) is 1.13. The van der Waals surface area contributed by atoms with Crippen LogP contribution in [-0.2, 0) is 0 Å². The number of aliphatic hydroxyl groups excluding tert-OH is 1. The van der Waals surface area contributed by atoms with Crippen LogP contribution in [0.25, 0.3) is 0 Å². The first-order valence-electron chi connectivity index (χ1n) is 6.42. The SMILES string of the molecule is Cc1c(N)cnc(NCC2CCCCC2O)c1Br. The van der Waals surface area contributed by atoms with Crippen LogP contribution in [0, 0.1) is 12.8 Å². The van der Waals surface area contributed by atoms with Crippen molar-refractivity contribution >= 4 is 27.4 Å². The largest absolute Gasteiger partial charge is 0.397 e. The number of aromatic nitrogens is 1. The molecule has 100 valence electrons. The molecule has 18 heavy (non-hydrogen) atoms. The van der Waals surface area contributed by atoms with E-state index in [0.717, 1.165) is 41.7 Å². The maximum absolute atomic E-state index is 9.92. The molecule has 1 saturated carbocycles. The number of hydrogen-bond acceptors (Lipinski definition) is 4. The number of nitrogens with one attached hydrogen (secondary N) is 1. The monoisotopic (exact) mass is 313 g/mol. The third kappa shape index (κ3) is 2.95. The summed E-state index contributed by atoms with van der Waals surface area (Å²) >= 11 is 3.50. The van der Waals surface area contributed by atoms with Crippen LogP contribution in [-0.4, -0.2) is 22.7 Å². The molecular weight excluding hydrogens is 294 g/mol. The lowest BCUT2D eigenvalue weighted by Crippen LogP contribution is -2.30. The number of nitrogens with two attached hydrogens (primary N) is 1. The normalized spacial score (nSPS) is 23.9. The van der Waals surface area contributed by atoms with Gasteiger partial charge in [0.15, 0.2) is 0 Å². The molecule has 0 spiro atoms. The third-order valence-corrected chi connectivity index (χ3v) is 4.67. The van der Waals surface area contributed by atoms with Gasteiger partial charge in [-0.25, -0.2) is 4.98 Å². The first-order chi connectivity index (χ1) is 8.59. The van der Waals surface area contributed by atoms with E-state index in [9.17, 15) is 5.11 Å². The van der Waals surface area contributed by atoms with Crippen molar-refractivity contribution in [3.05, 3.63) is 16.2 Å². The number of anilines is 2. The van der Waals surface area contributed by atoms with Gasteiger partial charge in [0.05, 0.1) is 22.5 Å². The lowest BCUT2D eigenvalue weighted by molar-refractivity contribution is 0.0763. The summed E-state index contributed by atoms with van der Waals surface area (Å²) in [4.78, 5) is 4.28. The average Bonchev–Trinajstić information content (AvgIpc) is 2.37. The molecule has 1 aliphatic rings.